The molecule has 84 valence electrons. The predicted octanol–water partition coefficient (Wildman–Crippen LogP) is 5.38. The molecule has 4 heteroatoms. The monoisotopic (exact) mass is 318 g/mol. The lowest BCUT2D eigenvalue weighted by Crippen LogP contribution is -1.94. The predicted molar refractivity (Wildman–Crippen MR) is 70.7 cm³/mol. The average Bonchev–Trinajstić information content (AvgIpc) is 2.67. The lowest BCUT2D eigenvalue weighted by Gasteiger charge is -2.11. The summed E-state index contributed by atoms with van der Waals surface area (Å²) in [6.45, 7) is 1.99. The summed E-state index contributed by atoms with van der Waals surface area (Å²) in [6.07, 6.45) is 1.66. The number of furan rings is 1. The lowest BCUT2D eigenvalue weighted by molar-refractivity contribution is 0.517. The van der Waals surface area contributed by atoms with Gasteiger partial charge < -0.3 is 4.42 Å². The minimum atomic E-state index is -0.0753. The Bertz CT molecular complexity index is 507. The summed E-state index contributed by atoms with van der Waals surface area (Å²) in [6, 6.07) is 7.31. The summed E-state index contributed by atoms with van der Waals surface area (Å²) >= 11 is 15.7. The summed E-state index contributed by atoms with van der Waals surface area (Å²) in [5, 5.41) is 1.33. The van der Waals surface area contributed by atoms with E-state index in [-0.39, 0.29) is 4.83 Å². The van der Waals surface area contributed by atoms with Crippen LogP contribution in [-0.4, -0.2) is 0 Å². The Labute approximate surface area is 112 Å². The molecule has 1 heterocycles. The van der Waals surface area contributed by atoms with Gasteiger partial charge in [0.05, 0.1) is 11.1 Å². The summed E-state index contributed by atoms with van der Waals surface area (Å²) in [5.74, 6) is 0.851. The molecule has 0 aliphatic heterocycles. The van der Waals surface area contributed by atoms with Crippen molar-refractivity contribution in [3.05, 3.63) is 57.5 Å². The van der Waals surface area contributed by atoms with Crippen molar-refractivity contribution in [2.75, 3.05) is 0 Å². The second kappa shape index (κ2) is 4.82. The number of aryl methyl sites for hydroxylation is 1. The van der Waals surface area contributed by atoms with Gasteiger partial charge in [-0.2, -0.15) is 0 Å². The van der Waals surface area contributed by atoms with Crippen LogP contribution in [0.3, 0.4) is 0 Å². The molecular formula is C12H9BrCl2O. The van der Waals surface area contributed by atoms with E-state index in [0.29, 0.717) is 10.0 Å². The third-order valence-electron chi connectivity index (χ3n) is 2.36. The molecular weight excluding hydrogens is 311 g/mol. The van der Waals surface area contributed by atoms with E-state index >= 15 is 0 Å². The van der Waals surface area contributed by atoms with Gasteiger partial charge in [0.25, 0.3) is 0 Å². The summed E-state index contributed by atoms with van der Waals surface area (Å²) in [5.41, 5.74) is 1.99. The molecule has 0 amide bonds. The second-order valence-electron chi connectivity index (χ2n) is 3.50. The highest BCUT2D eigenvalue weighted by Crippen LogP contribution is 2.38. The van der Waals surface area contributed by atoms with Gasteiger partial charge in [-0.05, 0) is 42.3 Å². The number of hydrogen-bond donors (Lipinski definition) is 0. The molecule has 0 bridgehead atoms. The summed E-state index contributed by atoms with van der Waals surface area (Å²) in [7, 11) is 0. The van der Waals surface area contributed by atoms with E-state index in [0.717, 1.165) is 16.9 Å². The molecule has 16 heavy (non-hydrogen) atoms. The minimum Gasteiger partial charge on any atom is -0.468 e. The minimum absolute atomic E-state index is 0.0753. The van der Waals surface area contributed by atoms with Crippen LogP contribution in [0.15, 0.2) is 34.9 Å². The Balaban J connectivity index is 2.45. The first-order valence-electron chi connectivity index (χ1n) is 4.72. The first-order valence-corrected chi connectivity index (χ1v) is 6.40. The van der Waals surface area contributed by atoms with Gasteiger partial charge in [0, 0.05) is 10.0 Å². The van der Waals surface area contributed by atoms with Crippen LogP contribution < -0.4 is 0 Å². The zero-order valence-electron chi connectivity index (χ0n) is 8.51. The van der Waals surface area contributed by atoms with Crippen molar-refractivity contribution < 1.29 is 4.42 Å². The standard InChI is InChI=1S/C12H9BrCl2O/c1-7-4-5-16-12(7)11(13)9-6-8(14)2-3-10(9)15/h2-6,11H,1H3. The fourth-order valence-electron chi connectivity index (χ4n) is 1.49. The van der Waals surface area contributed by atoms with E-state index in [1.165, 1.54) is 0 Å². The number of rotatable bonds is 2. The highest BCUT2D eigenvalue weighted by molar-refractivity contribution is 9.09. The molecule has 0 radical (unpaired) electrons. The molecule has 0 saturated heterocycles. The molecule has 1 unspecified atom stereocenters. The van der Waals surface area contributed by atoms with E-state index < -0.39 is 0 Å². The van der Waals surface area contributed by atoms with Crippen molar-refractivity contribution >= 4 is 39.1 Å². The van der Waals surface area contributed by atoms with E-state index in [4.69, 9.17) is 27.6 Å². The van der Waals surface area contributed by atoms with E-state index in [2.05, 4.69) is 15.9 Å². The maximum Gasteiger partial charge on any atom is 0.124 e. The second-order valence-corrected chi connectivity index (χ2v) is 5.26. The normalized spacial score (nSPS) is 12.8. The van der Waals surface area contributed by atoms with E-state index in [9.17, 15) is 0 Å². The highest BCUT2D eigenvalue weighted by Gasteiger charge is 2.18. The van der Waals surface area contributed by atoms with Gasteiger partial charge in [0.2, 0.25) is 0 Å². The maximum atomic E-state index is 6.13. The summed E-state index contributed by atoms with van der Waals surface area (Å²) in [4.78, 5) is -0.0753. The van der Waals surface area contributed by atoms with Gasteiger partial charge in [-0.15, -0.1) is 0 Å². The Morgan fingerprint density at radius 3 is 2.62 bits per heavy atom. The summed E-state index contributed by atoms with van der Waals surface area (Å²) < 4.78 is 5.43. The van der Waals surface area contributed by atoms with Gasteiger partial charge in [0.15, 0.2) is 0 Å². The van der Waals surface area contributed by atoms with Crippen LogP contribution in [0.5, 0.6) is 0 Å². The van der Waals surface area contributed by atoms with Crippen LogP contribution in [0.4, 0.5) is 0 Å². The number of halogens is 3. The van der Waals surface area contributed by atoms with Gasteiger partial charge in [0.1, 0.15) is 5.76 Å². The van der Waals surface area contributed by atoms with Gasteiger partial charge >= 0.3 is 0 Å². The molecule has 0 spiro atoms. The van der Waals surface area contributed by atoms with Crippen molar-refractivity contribution in [2.24, 2.45) is 0 Å². The number of alkyl halides is 1. The Morgan fingerprint density at radius 2 is 2.00 bits per heavy atom. The largest absolute Gasteiger partial charge is 0.468 e. The fraction of sp³-hybridized carbons (Fsp3) is 0.167. The first-order chi connectivity index (χ1) is 7.59. The molecule has 1 aromatic carbocycles. The Hall–Kier alpha value is -0.440. The molecule has 0 fully saturated rings. The quantitative estimate of drug-likeness (QED) is 0.677. The van der Waals surface area contributed by atoms with Gasteiger partial charge in [-0.25, -0.2) is 0 Å². The lowest BCUT2D eigenvalue weighted by atomic mass is 10.1. The van der Waals surface area contributed by atoms with E-state index in [1.54, 1.807) is 18.4 Å². The van der Waals surface area contributed by atoms with Crippen LogP contribution in [-0.2, 0) is 0 Å². The third-order valence-corrected chi connectivity index (χ3v) is 3.85. The third kappa shape index (κ3) is 2.29. The SMILES string of the molecule is Cc1ccoc1C(Br)c1cc(Cl)ccc1Cl. The van der Waals surface area contributed by atoms with E-state index in [1.807, 2.05) is 19.1 Å². The zero-order chi connectivity index (χ0) is 11.7. The molecule has 0 saturated carbocycles. The smallest absolute Gasteiger partial charge is 0.124 e. The molecule has 0 aliphatic carbocycles. The maximum absolute atomic E-state index is 6.13. The topological polar surface area (TPSA) is 13.1 Å². The number of benzene rings is 1. The molecule has 2 rings (SSSR count). The first kappa shape index (κ1) is 12.0. The van der Waals surface area contributed by atoms with Crippen LogP contribution in [0, 0.1) is 6.92 Å². The van der Waals surface area contributed by atoms with Crippen molar-refractivity contribution in [3.63, 3.8) is 0 Å². The van der Waals surface area contributed by atoms with Crippen molar-refractivity contribution in [1.82, 2.24) is 0 Å². The molecule has 1 atom stereocenters. The zero-order valence-corrected chi connectivity index (χ0v) is 11.6. The number of hydrogen-bond acceptors (Lipinski definition) is 1. The highest BCUT2D eigenvalue weighted by atomic mass is 79.9. The van der Waals surface area contributed by atoms with Crippen molar-refractivity contribution in [1.29, 1.82) is 0 Å². The Morgan fingerprint density at radius 1 is 1.25 bits per heavy atom. The molecule has 1 nitrogen and oxygen atoms in total. The fourth-order valence-corrected chi connectivity index (χ4v) is 2.88. The molecule has 2 aromatic rings. The average molecular weight is 320 g/mol. The van der Waals surface area contributed by atoms with Crippen LogP contribution >= 0.6 is 39.1 Å². The molecule has 0 aliphatic rings. The van der Waals surface area contributed by atoms with Crippen molar-refractivity contribution in [3.8, 4) is 0 Å². The molecule has 0 N–H and O–H groups in total. The Kier molecular flexibility index (Phi) is 3.63. The van der Waals surface area contributed by atoms with Crippen LogP contribution in [0.25, 0.3) is 0 Å². The van der Waals surface area contributed by atoms with Gasteiger partial charge in [-0.3, -0.25) is 0 Å². The van der Waals surface area contributed by atoms with Crippen molar-refractivity contribution in [2.45, 2.75) is 11.8 Å². The van der Waals surface area contributed by atoms with Gasteiger partial charge in [-0.1, -0.05) is 39.1 Å². The van der Waals surface area contributed by atoms with Crippen LogP contribution in [0.1, 0.15) is 21.7 Å². The molecule has 1 aromatic heterocycles. The van der Waals surface area contributed by atoms with Crippen LogP contribution in [0.2, 0.25) is 10.0 Å².